The Morgan fingerprint density at radius 3 is 2.07 bits per heavy atom. The molecule has 1 fully saturated rings. The first-order valence-corrected chi connectivity index (χ1v) is 10.4. The van der Waals surface area contributed by atoms with E-state index in [4.69, 9.17) is 15.2 Å². The molecule has 1 unspecified atom stereocenters. The summed E-state index contributed by atoms with van der Waals surface area (Å²) in [5.41, 5.74) is 8.64. The topological polar surface area (TPSA) is 44.5 Å². The van der Waals surface area contributed by atoms with Crippen LogP contribution < -0.4 is 5.73 Å². The SMILES string of the molecule is NCCCC(CCCOC1CCCCO1)(c1ccccc1)c1ccccc1. The fourth-order valence-electron chi connectivity index (χ4n) is 4.22. The van der Waals surface area contributed by atoms with Crippen LogP contribution in [0, 0.1) is 0 Å². The van der Waals surface area contributed by atoms with Crippen LogP contribution in [0.1, 0.15) is 56.1 Å². The van der Waals surface area contributed by atoms with E-state index in [2.05, 4.69) is 60.7 Å². The molecule has 1 aliphatic heterocycles. The zero-order valence-corrected chi connectivity index (χ0v) is 16.3. The first kappa shape index (κ1) is 20.1. The molecule has 0 bridgehead atoms. The van der Waals surface area contributed by atoms with Crippen LogP contribution in [0.2, 0.25) is 0 Å². The molecule has 27 heavy (non-hydrogen) atoms. The Hall–Kier alpha value is -1.68. The lowest BCUT2D eigenvalue weighted by molar-refractivity contribution is -0.163. The second-order valence-corrected chi connectivity index (χ2v) is 7.48. The van der Waals surface area contributed by atoms with Gasteiger partial charge < -0.3 is 15.2 Å². The average Bonchev–Trinajstić information content (AvgIpc) is 2.75. The smallest absolute Gasteiger partial charge is 0.157 e. The van der Waals surface area contributed by atoms with Crippen LogP contribution >= 0.6 is 0 Å². The molecule has 0 aromatic heterocycles. The molecule has 146 valence electrons. The molecule has 3 rings (SSSR count). The van der Waals surface area contributed by atoms with E-state index >= 15 is 0 Å². The largest absolute Gasteiger partial charge is 0.353 e. The summed E-state index contributed by atoms with van der Waals surface area (Å²) in [5.74, 6) is 0. The second kappa shape index (κ2) is 10.6. The highest BCUT2D eigenvalue weighted by molar-refractivity contribution is 5.39. The van der Waals surface area contributed by atoms with Gasteiger partial charge in [-0.2, -0.15) is 0 Å². The summed E-state index contributed by atoms with van der Waals surface area (Å²) in [6.07, 6.45) is 7.50. The number of rotatable bonds is 10. The van der Waals surface area contributed by atoms with Crippen molar-refractivity contribution < 1.29 is 9.47 Å². The van der Waals surface area contributed by atoms with Crippen molar-refractivity contribution in [2.45, 2.75) is 56.7 Å². The van der Waals surface area contributed by atoms with Gasteiger partial charge >= 0.3 is 0 Å². The van der Waals surface area contributed by atoms with Crippen LogP contribution in [0.25, 0.3) is 0 Å². The van der Waals surface area contributed by atoms with Gasteiger partial charge in [0.1, 0.15) is 0 Å². The van der Waals surface area contributed by atoms with Gasteiger partial charge in [0.15, 0.2) is 6.29 Å². The Bertz CT molecular complexity index is 598. The zero-order chi connectivity index (χ0) is 18.8. The molecule has 1 saturated heterocycles. The van der Waals surface area contributed by atoms with Crippen LogP contribution in [0.5, 0.6) is 0 Å². The van der Waals surface area contributed by atoms with Crippen LogP contribution in [0.4, 0.5) is 0 Å². The summed E-state index contributed by atoms with van der Waals surface area (Å²) in [7, 11) is 0. The standard InChI is InChI=1S/C24H33NO2/c25-18-9-16-24(21-11-3-1-4-12-21,22-13-5-2-6-14-22)17-10-20-27-23-15-7-8-19-26-23/h1-6,11-14,23H,7-10,15-20,25H2. The molecule has 1 atom stereocenters. The van der Waals surface area contributed by atoms with Gasteiger partial charge in [-0.3, -0.25) is 0 Å². The molecule has 3 heteroatoms. The molecule has 0 radical (unpaired) electrons. The monoisotopic (exact) mass is 367 g/mol. The van der Waals surface area contributed by atoms with Crippen molar-refractivity contribution in [3.63, 3.8) is 0 Å². The van der Waals surface area contributed by atoms with E-state index in [1.165, 1.54) is 17.5 Å². The van der Waals surface area contributed by atoms with Crippen LogP contribution in [0.3, 0.4) is 0 Å². The van der Waals surface area contributed by atoms with Crippen molar-refractivity contribution in [1.82, 2.24) is 0 Å². The van der Waals surface area contributed by atoms with E-state index in [1.807, 2.05) is 0 Å². The molecular formula is C24H33NO2. The molecule has 1 heterocycles. The number of benzene rings is 2. The van der Waals surface area contributed by atoms with Gasteiger partial charge in [0.2, 0.25) is 0 Å². The number of hydrogen-bond donors (Lipinski definition) is 1. The quantitative estimate of drug-likeness (QED) is 0.599. The number of hydrogen-bond acceptors (Lipinski definition) is 3. The van der Waals surface area contributed by atoms with E-state index in [0.717, 1.165) is 51.7 Å². The predicted molar refractivity (Wildman–Crippen MR) is 111 cm³/mol. The molecule has 2 aromatic rings. The molecule has 0 aliphatic carbocycles. The van der Waals surface area contributed by atoms with Gasteiger partial charge in [0.25, 0.3) is 0 Å². The minimum Gasteiger partial charge on any atom is -0.353 e. The van der Waals surface area contributed by atoms with Crippen LogP contribution in [0.15, 0.2) is 60.7 Å². The molecule has 0 saturated carbocycles. The Labute approximate surface area is 163 Å². The Kier molecular flexibility index (Phi) is 7.88. The highest BCUT2D eigenvalue weighted by Gasteiger charge is 2.33. The molecule has 0 spiro atoms. The van der Waals surface area contributed by atoms with Gasteiger partial charge in [0.05, 0.1) is 0 Å². The van der Waals surface area contributed by atoms with Crippen molar-refractivity contribution in [3.8, 4) is 0 Å². The summed E-state index contributed by atoms with van der Waals surface area (Å²) in [4.78, 5) is 0. The third-order valence-electron chi connectivity index (χ3n) is 5.65. The Morgan fingerprint density at radius 2 is 1.52 bits per heavy atom. The summed E-state index contributed by atoms with van der Waals surface area (Å²) >= 11 is 0. The van der Waals surface area contributed by atoms with Crippen molar-refractivity contribution in [1.29, 1.82) is 0 Å². The minimum absolute atomic E-state index is 0.00866. The van der Waals surface area contributed by atoms with E-state index in [0.29, 0.717) is 6.54 Å². The zero-order valence-electron chi connectivity index (χ0n) is 16.3. The second-order valence-electron chi connectivity index (χ2n) is 7.48. The molecule has 2 aromatic carbocycles. The fraction of sp³-hybridized carbons (Fsp3) is 0.500. The Balaban J connectivity index is 1.75. The first-order valence-electron chi connectivity index (χ1n) is 10.4. The van der Waals surface area contributed by atoms with Crippen LogP contribution in [-0.2, 0) is 14.9 Å². The lowest BCUT2D eigenvalue weighted by Gasteiger charge is -2.36. The molecule has 0 amide bonds. The highest BCUT2D eigenvalue weighted by atomic mass is 16.7. The van der Waals surface area contributed by atoms with Gasteiger partial charge in [-0.15, -0.1) is 0 Å². The Morgan fingerprint density at radius 1 is 0.889 bits per heavy atom. The van der Waals surface area contributed by atoms with E-state index in [1.54, 1.807) is 0 Å². The number of nitrogens with two attached hydrogens (primary N) is 1. The maximum atomic E-state index is 6.01. The third-order valence-corrected chi connectivity index (χ3v) is 5.65. The third kappa shape index (κ3) is 5.41. The normalized spacial score (nSPS) is 17.7. The fourth-order valence-corrected chi connectivity index (χ4v) is 4.22. The van der Waals surface area contributed by atoms with Crippen molar-refractivity contribution in [2.24, 2.45) is 5.73 Å². The highest BCUT2D eigenvalue weighted by Crippen LogP contribution is 2.41. The molecule has 1 aliphatic rings. The maximum absolute atomic E-state index is 6.01. The minimum atomic E-state index is -0.0152. The summed E-state index contributed by atoms with van der Waals surface area (Å²) in [5, 5.41) is 0. The first-order chi connectivity index (χ1) is 13.3. The lowest BCUT2D eigenvalue weighted by Crippen LogP contribution is -2.30. The maximum Gasteiger partial charge on any atom is 0.157 e. The molecule has 3 nitrogen and oxygen atoms in total. The van der Waals surface area contributed by atoms with Crippen molar-refractivity contribution in [3.05, 3.63) is 71.8 Å². The van der Waals surface area contributed by atoms with Gasteiger partial charge in [0, 0.05) is 18.6 Å². The molecule has 2 N–H and O–H groups in total. The van der Waals surface area contributed by atoms with Gasteiger partial charge in [-0.1, -0.05) is 60.7 Å². The molecular weight excluding hydrogens is 334 g/mol. The lowest BCUT2D eigenvalue weighted by atomic mass is 9.68. The summed E-state index contributed by atoms with van der Waals surface area (Å²) < 4.78 is 11.7. The van der Waals surface area contributed by atoms with Crippen molar-refractivity contribution >= 4 is 0 Å². The van der Waals surface area contributed by atoms with E-state index in [9.17, 15) is 0 Å². The van der Waals surface area contributed by atoms with E-state index in [-0.39, 0.29) is 11.7 Å². The van der Waals surface area contributed by atoms with Gasteiger partial charge in [-0.25, -0.2) is 0 Å². The predicted octanol–water partition coefficient (Wildman–Crippen LogP) is 5.04. The van der Waals surface area contributed by atoms with Gasteiger partial charge in [-0.05, 0) is 62.6 Å². The average molecular weight is 368 g/mol. The van der Waals surface area contributed by atoms with Crippen molar-refractivity contribution in [2.75, 3.05) is 19.8 Å². The van der Waals surface area contributed by atoms with Crippen LogP contribution in [-0.4, -0.2) is 26.0 Å². The number of ether oxygens (including phenoxy) is 2. The summed E-state index contributed by atoms with van der Waals surface area (Å²) in [6.45, 7) is 2.29. The van der Waals surface area contributed by atoms with E-state index < -0.39 is 0 Å². The summed E-state index contributed by atoms with van der Waals surface area (Å²) in [6, 6.07) is 21.8.